The third-order valence-electron chi connectivity index (χ3n) is 6.83. The molecule has 0 radical (unpaired) electrons. The Labute approximate surface area is 201 Å². The summed E-state index contributed by atoms with van der Waals surface area (Å²) in [6.45, 7) is 5.18. The number of likely N-dealkylation sites (N-methyl/N-ethyl adjacent to an activating group) is 1. The van der Waals surface area contributed by atoms with Crippen LogP contribution in [0.2, 0.25) is 5.02 Å². The summed E-state index contributed by atoms with van der Waals surface area (Å²) >= 11 is 6.14. The highest BCUT2D eigenvalue weighted by atomic mass is 35.5. The highest BCUT2D eigenvalue weighted by Crippen LogP contribution is 2.42. The molecule has 34 heavy (non-hydrogen) atoms. The number of carbonyl (C=O) groups excluding carboxylic acids is 2. The summed E-state index contributed by atoms with van der Waals surface area (Å²) in [6, 6.07) is 4.17. The quantitative estimate of drug-likeness (QED) is 0.551. The van der Waals surface area contributed by atoms with Gasteiger partial charge in [-0.25, -0.2) is 4.39 Å². The number of H-pyrrole nitrogens is 2. The van der Waals surface area contributed by atoms with Crippen molar-refractivity contribution in [2.75, 3.05) is 20.2 Å². The van der Waals surface area contributed by atoms with Crippen molar-refractivity contribution in [2.45, 2.75) is 51.3 Å². The summed E-state index contributed by atoms with van der Waals surface area (Å²) in [5.74, 6) is -0.890. The molecule has 1 aromatic carbocycles. The van der Waals surface area contributed by atoms with E-state index in [0.717, 1.165) is 24.1 Å². The van der Waals surface area contributed by atoms with E-state index in [0.29, 0.717) is 41.9 Å². The van der Waals surface area contributed by atoms with E-state index in [-0.39, 0.29) is 35.0 Å². The van der Waals surface area contributed by atoms with Gasteiger partial charge in [-0.15, -0.1) is 0 Å². The van der Waals surface area contributed by atoms with Crippen molar-refractivity contribution in [3.63, 3.8) is 0 Å². The molecule has 0 atom stereocenters. The van der Waals surface area contributed by atoms with Crippen molar-refractivity contribution in [3.05, 3.63) is 51.7 Å². The molecule has 8 nitrogen and oxygen atoms in total. The molecule has 5 rings (SSSR count). The van der Waals surface area contributed by atoms with Gasteiger partial charge in [-0.05, 0) is 44.9 Å². The first kappa shape index (κ1) is 22.9. The van der Waals surface area contributed by atoms with Gasteiger partial charge in [0.05, 0.1) is 35.3 Å². The molecule has 1 aliphatic heterocycles. The molecule has 3 aromatic rings. The lowest BCUT2D eigenvalue weighted by Crippen LogP contribution is -2.43. The van der Waals surface area contributed by atoms with Crippen LogP contribution in [-0.2, 0) is 17.7 Å². The molecule has 0 saturated heterocycles. The van der Waals surface area contributed by atoms with Crippen molar-refractivity contribution in [3.8, 4) is 0 Å². The van der Waals surface area contributed by atoms with Crippen LogP contribution in [0.4, 0.5) is 4.39 Å². The van der Waals surface area contributed by atoms with E-state index in [9.17, 15) is 14.0 Å². The predicted molar refractivity (Wildman–Crippen MR) is 125 cm³/mol. The first-order chi connectivity index (χ1) is 16.2. The second-order valence-corrected chi connectivity index (χ2v) is 9.89. The molecule has 1 fully saturated rings. The zero-order chi connectivity index (χ0) is 24.2. The van der Waals surface area contributed by atoms with Crippen molar-refractivity contribution in [1.29, 1.82) is 0 Å². The van der Waals surface area contributed by atoms with E-state index < -0.39 is 5.82 Å². The number of nitrogens with one attached hydrogen (secondary N) is 2. The summed E-state index contributed by atoms with van der Waals surface area (Å²) in [6.07, 6.45) is 2.43. The van der Waals surface area contributed by atoms with Crippen LogP contribution in [0, 0.1) is 5.82 Å². The molecule has 2 N–H and O–H groups in total. The fourth-order valence-corrected chi connectivity index (χ4v) is 4.77. The lowest BCUT2D eigenvalue weighted by molar-refractivity contribution is 0.0200. The van der Waals surface area contributed by atoms with Crippen molar-refractivity contribution < 1.29 is 18.7 Å². The molecular formula is C24H27ClFN5O3. The highest BCUT2D eigenvalue weighted by molar-refractivity contribution is 6.35. The molecule has 0 spiro atoms. The molecule has 2 aliphatic rings. The smallest absolute Gasteiger partial charge is 0.274 e. The largest absolute Gasteiger partial charge is 0.376 e. The Bertz CT molecular complexity index is 1280. The summed E-state index contributed by atoms with van der Waals surface area (Å²) in [7, 11) is 1.79. The van der Waals surface area contributed by atoms with Crippen LogP contribution in [0.25, 0.3) is 10.9 Å². The Hall–Kier alpha value is -2.91. The van der Waals surface area contributed by atoms with Crippen LogP contribution >= 0.6 is 11.6 Å². The van der Waals surface area contributed by atoms with E-state index in [4.69, 9.17) is 16.3 Å². The van der Waals surface area contributed by atoms with Gasteiger partial charge in [-0.1, -0.05) is 11.6 Å². The number of rotatable bonds is 6. The van der Waals surface area contributed by atoms with Crippen molar-refractivity contribution >= 4 is 34.3 Å². The van der Waals surface area contributed by atoms with Crippen molar-refractivity contribution in [1.82, 2.24) is 25.0 Å². The molecule has 3 heterocycles. The summed E-state index contributed by atoms with van der Waals surface area (Å²) in [5.41, 5.74) is 2.43. The van der Waals surface area contributed by atoms with E-state index in [1.165, 1.54) is 12.1 Å². The Kier molecular flexibility index (Phi) is 5.64. The fraction of sp³-hybridized carbons (Fsp3) is 0.458. The Morgan fingerprint density at radius 2 is 2.09 bits per heavy atom. The third kappa shape index (κ3) is 3.96. The zero-order valence-corrected chi connectivity index (χ0v) is 20.1. The minimum absolute atomic E-state index is 0.0923. The van der Waals surface area contributed by atoms with Crippen LogP contribution in [0.1, 0.15) is 58.9 Å². The van der Waals surface area contributed by atoms with Crippen LogP contribution in [0.15, 0.2) is 18.2 Å². The van der Waals surface area contributed by atoms with E-state index in [2.05, 4.69) is 15.2 Å². The Morgan fingerprint density at radius 3 is 2.79 bits per heavy atom. The zero-order valence-electron chi connectivity index (χ0n) is 19.4. The Balaban J connectivity index is 1.36. The number of halogens is 2. The third-order valence-corrected chi connectivity index (χ3v) is 7.15. The maximum absolute atomic E-state index is 13.7. The lowest BCUT2D eigenvalue weighted by Gasteiger charge is -2.30. The molecule has 1 aliphatic carbocycles. The number of ether oxygens (including phenoxy) is 1. The molecule has 0 bridgehead atoms. The molecule has 1 saturated carbocycles. The number of aromatic amines is 2. The monoisotopic (exact) mass is 487 g/mol. The minimum atomic E-state index is -0.473. The second kappa shape index (κ2) is 8.39. The average Bonchev–Trinajstić information content (AvgIpc) is 3.28. The van der Waals surface area contributed by atoms with Gasteiger partial charge in [0.2, 0.25) is 0 Å². The number of hydrogen-bond donors (Lipinski definition) is 2. The van der Waals surface area contributed by atoms with E-state index in [1.807, 2.05) is 13.8 Å². The number of nitrogens with zero attached hydrogens (tertiary/aromatic N) is 3. The number of carbonyl (C=O) groups is 2. The van der Waals surface area contributed by atoms with Crippen LogP contribution in [0.5, 0.6) is 0 Å². The van der Waals surface area contributed by atoms with Gasteiger partial charge in [-0.3, -0.25) is 14.7 Å². The topological polar surface area (TPSA) is 94.3 Å². The molecule has 180 valence electrons. The first-order valence-electron chi connectivity index (χ1n) is 11.4. The van der Waals surface area contributed by atoms with Gasteiger partial charge in [0.1, 0.15) is 11.5 Å². The van der Waals surface area contributed by atoms with Gasteiger partial charge < -0.3 is 19.5 Å². The average molecular weight is 488 g/mol. The number of hydrogen-bond acceptors (Lipinski definition) is 4. The minimum Gasteiger partial charge on any atom is -0.376 e. The Morgan fingerprint density at radius 1 is 1.32 bits per heavy atom. The van der Waals surface area contributed by atoms with Gasteiger partial charge >= 0.3 is 0 Å². The van der Waals surface area contributed by atoms with Gasteiger partial charge in [-0.2, -0.15) is 5.10 Å². The molecule has 2 amide bonds. The highest BCUT2D eigenvalue weighted by Gasteiger charge is 2.50. The number of aromatic nitrogens is 3. The van der Waals surface area contributed by atoms with Crippen LogP contribution in [-0.4, -0.2) is 68.6 Å². The summed E-state index contributed by atoms with van der Waals surface area (Å²) in [5, 5.41) is 8.13. The molecular weight excluding hydrogens is 461 g/mol. The van der Waals surface area contributed by atoms with Crippen molar-refractivity contribution in [2.24, 2.45) is 0 Å². The normalized spacial score (nSPS) is 16.7. The molecule has 10 heteroatoms. The molecule has 0 unspecified atom stereocenters. The maximum atomic E-state index is 13.7. The summed E-state index contributed by atoms with van der Waals surface area (Å²) in [4.78, 5) is 33.0. The predicted octanol–water partition coefficient (Wildman–Crippen LogP) is 3.91. The number of amides is 2. The SMILES string of the molecule is CC(C)OCC1(N(C)C(=O)c2n[nH]c3c2CN(C(=O)c2cc4c(Cl)cc(F)cc4[nH]2)CC3)CC1. The fourth-order valence-electron chi connectivity index (χ4n) is 4.51. The van der Waals surface area contributed by atoms with Gasteiger partial charge in [0, 0.05) is 36.7 Å². The van der Waals surface area contributed by atoms with Crippen LogP contribution < -0.4 is 0 Å². The van der Waals surface area contributed by atoms with Gasteiger partial charge in [0.25, 0.3) is 11.8 Å². The molecule has 2 aromatic heterocycles. The standard InChI is InChI=1S/C24H27ClFN5O3/c1-13(2)34-12-24(5-6-24)30(3)23(33)21-16-11-31(7-4-18(16)28-29-21)22(32)20-10-15-17(25)8-14(26)9-19(15)27-20/h8-10,13,27H,4-7,11-12H2,1-3H3,(H,28,29). The van der Waals surface area contributed by atoms with Crippen LogP contribution in [0.3, 0.4) is 0 Å². The number of benzene rings is 1. The number of fused-ring (bicyclic) bond motifs is 2. The van der Waals surface area contributed by atoms with Gasteiger partial charge in [0.15, 0.2) is 5.69 Å². The summed E-state index contributed by atoms with van der Waals surface area (Å²) < 4.78 is 19.5. The first-order valence-corrected chi connectivity index (χ1v) is 11.8. The lowest BCUT2D eigenvalue weighted by atomic mass is 10.0. The van der Waals surface area contributed by atoms with E-state index in [1.54, 1.807) is 22.9 Å². The maximum Gasteiger partial charge on any atom is 0.274 e. The van der Waals surface area contributed by atoms with E-state index >= 15 is 0 Å². The second-order valence-electron chi connectivity index (χ2n) is 9.49.